The Kier molecular flexibility index (Phi) is 7.75. The number of anilines is 1. The van der Waals surface area contributed by atoms with Gasteiger partial charge >= 0.3 is 5.97 Å². The number of hydrogen-bond donors (Lipinski definition) is 1. The molecule has 162 valence electrons. The Morgan fingerprint density at radius 3 is 2.39 bits per heavy atom. The van der Waals surface area contributed by atoms with Crippen molar-refractivity contribution >= 4 is 55.7 Å². The molecule has 0 radical (unpaired) electrons. The van der Waals surface area contributed by atoms with Gasteiger partial charge in [0.25, 0.3) is 5.91 Å². The third kappa shape index (κ3) is 5.67. The summed E-state index contributed by atoms with van der Waals surface area (Å²) in [6.07, 6.45) is 0. The standard InChI is InChI=1S/C23H21BrClNO4S/c1-4-29-23(28)20-18(15-5-7-16(24)8-6-15)12-31-22(20)26-19(27)11-30-17-9-13(2)21(25)14(3)10-17/h5-10,12H,4,11H2,1-3H3,(H,26,27). The normalized spacial score (nSPS) is 10.6. The summed E-state index contributed by atoms with van der Waals surface area (Å²) >= 11 is 10.9. The molecule has 0 bridgehead atoms. The lowest BCUT2D eigenvalue weighted by atomic mass is 10.0. The molecule has 0 saturated heterocycles. The topological polar surface area (TPSA) is 64.6 Å². The monoisotopic (exact) mass is 521 g/mol. The number of halogens is 2. The maximum Gasteiger partial charge on any atom is 0.341 e. The predicted octanol–water partition coefficient (Wildman–Crippen LogP) is 6.64. The van der Waals surface area contributed by atoms with Gasteiger partial charge in [-0.1, -0.05) is 39.7 Å². The van der Waals surface area contributed by atoms with Crippen LogP contribution in [0.3, 0.4) is 0 Å². The minimum atomic E-state index is -0.484. The van der Waals surface area contributed by atoms with Gasteiger partial charge in [-0.25, -0.2) is 4.79 Å². The Bertz CT molecular complexity index is 1090. The van der Waals surface area contributed by atoms with Crippen molar-refractivity contribution < 1.29 is 19.1 Å². The van der Waals surface area contributed by atoms with E-state index in [2.05, 4.69) is 21.2 Å². The molecule has 0 aliphatic rings. The molecule has 5 nitrogen and oxygen atoms in total. The summed E-state index contributed by atoms with van der Waals surface area (Å²) in [5.74, 6) is -0.302. The highest BCUT2D eigenvalue weighted by atomic mass is 79.9. The summed E-state index contributed by atoms with van der Waals surface area (Å²) in [7, 11) is 0. The summed E-state index contributed by atoms with van der Waals surface area (Å²) < 4.78 is 11.8. The average molecular weight is 523 g/mol. The van der Waals surface area contributed by atoms with Gasteiger partial charge in [-0.3, -0.25) is 4.79 Å². The van der Waals surface area contributed by atoms with Gasteiger partial charge in [0, 0.05) is 20.4 Å². The van der Waals surface area contributed by atoms with Gasteiger partial charge in [0.05, 0.1) is 6.61 Å². The third-order valence-electron chi connectivity index (χ3n) is 4.46. The van der Waals surface area contributed by atoms with Crippen LogP contribution in [0.4, 0.5) is 5.00 Å². The summed E-state index contributed by atoms with van der Waals surface area (Å²) in [6.45, 7) is 5.53. The van der Waals surface area contributed by atoms with E-state index in [1.165, 1.54) is 11.3 Å². The molecule has 0 fully saturated rings. The third-order valence-corrected chi connectivity index (χ3v) is 6.48. The number of ether oxygens (including phenoxy) is 2. The molecule has 1 heterocycles. The Labute approximate surface area is 198 Å². The molecule has 0 spiro atoms. The van der Waals surface area contributed by atoms with Crippen molar-refractivity contribution in [3.63, 3.8) is 0 Å². The van der Waals surface area contributed by atoms with E-state index in [1.54, 1.807) is 19.1 Å². The number of rotatable bonds is 7. The molecule has 0 saturated carbocycles. The van der Waals surface area contributed by atoms with Crippen LogP contribution in [0.5, 0.6) is 5.75 Å². The fraction of sp³-hybridized carbons (Fsp3) is 0.217. The molecule has 31 heavy (non-hydrogen) atoms. The minimum Gasteiger partial charge on any atom is -0.484 e. The number of amides is 1. The van der Waals surface area contributed by atoms with Gasteiger partial charge < -0.3 is 14.8 Å². The molecular weight excluding hydrogens is 502 g/mol. The first-order valence-corrected chi connectivity index (χ1v) is 11.6. The predicted molar refractivity (Wildman–Crippen MR) is 128 cm³/mol. The van der Waals surface area contributed by atoms with Crippen LogP contribution in [-0.2, 0) is 9.53 Å². The fourth-order valence-electron chi connectivity index (χ4n) is 3.00. The fourth-order valence-corrected chi connectivity index (χ4v) is 4.35. The molecule has 0 unspecified atom stereocenters. The highest BCUT2D eigenvalue weighted by Crippen LogP contribution is 2.36. The SMILES string of the molecule is CCOC(=O)c1c(-c2ccc(Br)cc2)csc1NC(=O)COc1cc(C)c(Cl)c(C)c1. The van der Waals surface area contributed by atoms with E-state index in [4.69, 9.17) is 21.1 Å². The summed E-state index contributed by atoms with van der Waals surface area (Å²) in [5, 5.41) is 5.71. The minimum absolute atomic E-state index is 0.200. The van der Waals surface area contributed by atoms with Crippen LogP contribution in [0, 0.1) is 13.8 Å². The van der Waals surface area contributed by atoms with Crippen molar-refractivity contribution in [1.82, 2.24) is 0 Å². The number of thiophene rings is 1. The van der Waals surface area contributed by atoms with Gasteiger partial charge in [-0.15, -0.1) is 11.3 Å². The van der Waals surface area contributed by atoms with Crippen LogP contribution in [0.25, 0.3) is 11.1 Å². The Balaban J connectivity index is 1.79. The van der Waals surface area contributed by atoms with Crippen molar-refractivity contribution in [1.29, 1.82) is 0 Å². The summed E-state index contributed by atoms with van der Waals surface area (Å²) in [5.41, 5.74) is 3.64. The van der Waals surface area contributed by atoms with Crippen LogP contribution < -0.4 is 10.1 Å². The van der Waals surface area contributed by atoms with Crippen molar-refractivity contribution in [2.75, 3.05) is 18.5 Å². The number of aryl methyl sites for hydroxylation is 2. The van der Waals surface area contributed by atoms with E-state index in [9.17, 15) is 9.59 Å². The number of benzene rings is 2. The quantitative estimate of drug-likeness (QED) is 0.353. The number of esters is 1. The van der Waals surface area contributed by atoms with Crippen molar-refractivity contribution in [3.05, 3.63) is 68.0 Å². The second-order valence-corrected chi connectivity index (χ2v) is 8.96. The lowest BCUT2D eigenvalue weighted by Gasteiger charge is -2.11. The van der Waals surface area contributed by atoms with Crippen molar-refractivity contribution in [2.45, 2.75) is 20.8 Å². The largest absolute Gasteiger partial charge is 0.484 e. The zero-order valence-corrected chi connectivity index (χ0v) is 20.4. The Hall–Kier alpha value is -2.35. The second kappa shape index (κ2) is 10.3. The molecule has 0 aliphatic heterocycles. The number of nitrogens with one attached hydrogen (secondary N) is 1. The van der Waals surface area contributed by atoms with Crippen LogP contribution in [0.2, 0.25) is 5.02 Å². The maximum atomic E-state index is 12.6. The highest BCUT2D eigenvalue weighted by Gasteiger charge is 2.23. The van der Waals surface area contributed by atoms with Gasteiger partial charge in [-0.05, 0) is 61.7 Å². The molecule has 3 aromatic rings. The van der Waals surface area contributed by atoms with Gasteiger partial charge in [-0.2, -0.15) is 0 Å². The van der Waals surface area contributed by atoms with Crippen LogP contribution in [0.15, 0.2) is 46.3 Å². The zero-order valence-electron chi connectivity index (χ0n) is 17.3. The van der Waals surface area contributed by atoms with Crippen LogP contribution in [0.1, 0.15) is 28.4 Å². The van der Waals surface area contributed by atoms with E-state index >= 15 is 0 Å². The number of carbonyl (C=O) groups excluding carboxylic acids is 2. The Morgan fingerprint density at radius 1 is 1.13 bits per heavy atom. The van der Waals surface area contributed by atoms with E-state index in [0.29, 0.717) is 26.9 Å². The number of hydrogen-bond acceptors (Lipinski definition) is 5. The maximum absolute atomic E-state index is 12.6. The van der Waals surface area contributed by atoms with E-state index in [-0.39, 0.29) is 19.1 Å². The van der Waals surface area contributed by atoms with Gasteiger partial charge in [0.2, 0.25) is 0 Å². The zero-order chi connectivity index (χ0) is 22.5. The number of carbonyl (C=O) groups is 2. The van der Waals surface area contributed by atoms with Crippen LogP contribution >= 0.6 is 38.9 Å². The molecule has 1 aromatic heterocycles. The van der Waals surface area contributed by atoms with E-state index in [1.807, 2.05) is 43.5 Å². The lowest BCUT2D eigenvalue weighted by molar-refractivity contribution is -0.118. The molecule has 2 aromatic carbocycles. The molecule has 0 atom stereocenters. The smallest absolute Gasteiger partial charge is 0.341 e. The molecular formula is C23H21BrClNO4S. The first-order valence-electron chi connectivity index (χ1n) is 9.54. The molecule has 0 aliphatic carbocycles. The van der Waals surface area contributed by atoms with E-state index in [0.717, 1.165) is 21.2 Å². The van der Waals surface area contributed by atoms with Crippen molar-refractivity contribution in [3.8, 4) is 16.9 Å². The van der Waals surface area contributed by atoms with Gasteiger partial charge in [0.1, 0.15) is 16.3 Å². The van der Waals surface area contributed by atoms with Gasteiger partial charge in [0.15, 0.2) is 6.61 Å². The van der Waals surface area contributed by atoms with Crippen molar-refractivity contribution in [2.24, 2.45) is 0 Å². The molecule has 3 rings (SSSR count). The summed E-state index contributed by atoms with van der Waals surface area (Å²) in [4.78, 5) is 25.2. The highest BCUT2D eigenvalue weighted by molar-refractivity contribution is 9.10. The van der Waals surface area contributed by atoms with Crippen LogP contribution in [-0.4, -0.2) is 25.1 Å². The second-order valence-electron chi connectivity index (χ2n) is 6.79. The average Bonchev–Trinajstić information content (AvgIpc) is 3.14. The van der Waals surface area contributed by atoms with E-state index < -0.39 is 5.97 Å². The summed E-state index contributed by atoms with van der Waals surface area (Å²) in [6, 6.07) is 11.1. The lowest BCUT2D eigenvalue weighted by Crippen LogP contribution is -2.21. The Morgan fingerprint density at radius 2 is 1.77 bits per heavy atom. The molecule has 1 N–H and O–H groups in total. The molecule has 1 amide bonds. The molecule has 8 heteroatoms. The first-order chi connectivity index (χ1) is 14.8. The first kappa shape index (κ1) is 23.3.